The molecule has 2 rings (SSSR count). The van der Waals surface area contributed by atoms with Gasteiger partial charge in [-0.3, -0.25) is 9.59 Å². The van der Waals surface area contributed by atoms with Gasteiger partial charge in [0.25, 0.3) is 0 Å². The van der Waals surface area contributed by atoms with Gasteiger partial charge in [0, 0.05) is 0 Å². The van der Waals surface area contributed by atoms with E-state index in [-0.39, 0.29) is 18.2 Å². The standard InChI is InChI=1S/C10H14O3/c1-7-3-2-4-10(6-7)8(11)5-9(12)13-10/h7H,2-6H2,1H3. The van der Waals surface area contributed by atoms with Gasteiger partial charge < -0.3 is 4.74 Å². The third-order valence-electron chi connectivity index (χ3n) is 3.08. The van der Waals surface area contributed by atoms with Crippen molar-refractivity contribution in [1.29, 1.82) is 0 Å². The number of rotatable bonds is 0. The predicted octanol–water partition coefficient (Wildman–Crippen LogP) is 1.45. The summed E-state index contributed by atoms with van der Waals surface area (Å²) in [5.74, 6) is 0.173. The Morgan fingerprint density at radius 2 is 2.23 bits per heavy atom. The highest BCUT2D eigenvalue weighted by Gasteiger charge is 2.50. The highest BCUT2D eigenvalue weighted by molar-refractivity contribution is 6.06. The zero-order valence-corrected chi connectivity index (χ0v) is 7.84. The van der Waals surface area contributed by atoms with Crippen LogP contribution in [-0.2, 0) is 14.3 Å². The molecule has 1 spiro atoms. The molecule has 0 amide bonds. The Labute approximate surface area is 77.4 Å². The highest BCUT2D eigenvalue weighted by atomic mass is 16.6. The molecule has 0 radical (unpaired) electrons. The van der Waals surface area contributed by atoms with E-state index in [1.807, 2.05) is 0 Å². The molecule has 1 heterocycles. The highest BCUT2D eigenvalue weighted by Crippen LogP contribution is 2.39. The van der Waals surface area contributed by atoms with Gasteiger partial charge in [-0.15, -0.1) is 0 Å². The summed E-state index contributed by atoms with van der Waals surface area (Å²) in [5.41, 5.74) is -0.714. The van der Waals surface area contributed by atoms with Crippen LogP contribution < -0.4 is 0 Å². The molecule has 2 fully saturated rings. The Balaban J connectivity index is 2.19. The van der Waals surface area contributed by atoms with Crippen molar-refractivity contribution in [2.75, 3.05) is 0 Å². The van der Waals surface area contributed by atoms with E-state index in [0.29, 0.717) is 5.92 Å². The topological polar surface area (TPSA) is 43.4 Å². The van der Waals surface area contributed by atoms with E-state index in [9.17, 15) is 9.59 Å². The van der Waals surface area contributed by atoms with E-state index in [4.69, 9.17) is 4.74 Å². The fourth-order valence-electron chi connectivity index (χ4n) is 2.45. The Morgan fingerprint density at radius 1 is 1.46 bits per heavy atom. The first-order valence-corrected chi connectivity index (χ1v) is 4.87. The quantitative estimate of drug-likeness (QED) is 0.420. The van der Waals surface area contributed by atoms with Crippen LogP contribution in [0.2, 0.25) is 0 Å². The van der Waals surface area contributed by atoms with Crippen molar-refractivity contribution in [3.63, 3.8) is 0 Å². The molecule has 72 valence electrons. The van der Waals surface area contributed by atoms with Gasteiger partial charge in [0.1, 0.15) is 6.42 Å². The summed E-state index contributed by atoms with van der Waals surface area (Å²) in [6, 6.07) is 0. The van der Waals surface area contributed by atoms with E-state index < -0.39 is 5.60 Å². The first kappa shape index (κ1) is 8.73. The van der Waals surface area contributed by atoms with Gasteiger partial charge in [-0.1, -0.05) is 13.3 Å². The van der Waals surface area contributed by atoms with Gasteiger partial charge in [0.15, 0.2) is 11.4 Å². The van der Waals surface area contributed by atoms with Gasteiger partial charge in [-0.05, 0) is 25.2 Å². The summed E-state index contributed by atoms with van der Waals surface area (Å²) in [6.45, 7) is 2.11. The second-order valence-electron chi connectivity index (χ2n) is 4.27. The summed E-state index contributed by atoms with van der Waals surface area (Å²) in [7, 11) is 0. The van der Waals surface area contributed by atoms with E-state index in [1.54, 1.807) is 0 Å². The van der Waals surface area contributed by atoms with Crippen molar-refractivity contribution in [1.82, 2.24) is 0 Å². The zero-order valence-electron chi connectivity index (χ0n) is 7.84. The summed E-state index contributed by atoms with van der Waals surface area (Å²) in [6.07, 6.45) is 3.61. The SMILES string of the molecule is CC1CCCC2(C1)OC(=O)CC2=O. The minimum atomic E-state index is -0.714. The molecule has 13 heavy (non-hydrogen) atoms. The van der Waals surface area contributed by atoms with E-state index >= 15 is 0 Å². The molecule has 3 heteroatoms. The number of hydrogen-bond acceptors (Lipinski definition) is 3. The molecule has 1 aliphatic carbocycles. The smallest absolute Gasteiger partial charge is 0.314 e. The lowest BCUT2D eigenvalue weighted by molar-refractivity contribution is -0.156. The van der Waals surface area contributed by atoms with Gasteiger partial charge in [-0.25, -0.2) is 0 Å². The molecule has 2 aliphatic rings. The first-order chi connectivity index (χ1) is 6.12. The van der Waals surface area contributed by atoms with Crippen LogP contribution in [0.25, 0.3) is 0 Å². The molecule has 0 aromatic carbocycles. The van der Waals surface area contributed by atoms with Crippen LogP contribution in [0.15, 0.2) is 0 Å². The van der Waals surface area contributed by atoms with E-state index in [1.165, 1.54) is 0 Å². The maximum Gasteiger partial charge on any atom is 0.314 e. The molecule has 2 unspecified atom stereocenters. The summed E-state index contributed by atoms with van der Waals surface area (Å²) in [5, 5.41) is 0. The minimum absolute atomic E-state index is 0.00375. The lowest BCUT2D eigenvalue weighted by Crippen LogP contribution is -2.40. The van der Waals surface area contributed by atoms with Crippen LogP contribution in [0.4, 0.5) is 0 Å². The number of hydrogen-bond donors (Lipinski definition) is 0. The predicted molar refractivity (Wildman–Crippen MR) is 46.1 cm³/mol. The van der Waals surface area contributed by atoms with Crippen LogP contribution >= 0.6 is 0 Å². The number of ether oxygens (including phenoxy) is 1. The van der Waals surface area contributed by atoms with Crippen molar-refractivity contribution < 1.29 is 14.3 Å². The third-order valence-corrected chi connectivity index (χ3v) is 3.08. The molecule has 1 saturated heterocycles. The molecule has 0 bridgehead atoms. The second kappa shape index (κ2) is 2.82. The zero-order chi connectivity index (χ0) is 9.47. The second-order valence-corrected chi connectivity index (χ2v) is 4.27. The summed E-state index contributed by atoms with van der Waals surface area (Å²) >= 11 is 0. The maximum absolute atomic E-state index is 11.6. The maximum atomic E-state index is 11.6. The Morgan fingerprint density at radius 3 is 2.77 bits per heavy atom. The van der Waals surface area contributed by atoms with Gasteiger partial charge in [0.05, 0.1) is 0 Å². The molecular weight excluding hydrogens is 168 g/mol. The van der Waals surface area contributed by atoms with Crippen LogP contribution in [0, 0.1) is 5.92 Å². The number of esters is 1. The molecule has 1 saturated carbocycles. The minimum Gasteiger partial charge on any atom is -0.451 e. The molecule has 0 N–H and O–H groups in total. The Bertz CT molecular complexity index is 259. The lowest BCUT2D eigenvalue weighted by atomic mass is 9.77. The van der Waals surface area contributed by atoms with Gasteiger partial charge >= 0.3 is 5.97 Å². The van der Waals surface area contributed by atoms with Crippen LogP contribution in [0.1, 0.15) is 39.0 Å². The van der Waals surface area contributed by atoms with Crippen molar-refractivity contribution in [3.8, 4) is 0 Å². The number of ketones is 1. The number of carbonyl (C=O) groups excluding carboxylic acids is 2. The third kappa shape index (κ3) is 1.36. The van der Waals surface area contributed by atoms with E-state index in [2.05, 4.69) is 6.92 Å². The van der Waals surface area contributed by atoms with E-state index in [0.717, 1.165) is 25.7 Å². The number of Topliss-reactive ketones (excluding diaryl/α,β-unsaturated/α-hetero) is 1. The Hall–Kier alpha value is -0.860. The normalized spacial score (nSPS) is 39.6. The fourth-order valence-corrected chi connectivity index (χ4v) is 2.45. The molecular formula is C10H14O3. The molecule has 3 nitrogen and oxygen atoms in total. The average Bonchev–Trinajstić information content (AvgIpc) is 2.26. The first-order valence-electron chi connectivity index (χ1n) is 4.87. The molecule has 0 aromatic rings. The van der Waals surface area contributed by atoms with Crippen LogP contribution in [0.5, 0.6) is 0 Å². The fraction of sp³-hybridized carbons (Fsp3) is 0.800. The van der Waals surface area contributed by atoms with Crippen molar-refractivity contribution in [2.24, 2.45) is 5.92 Å². The van der Waals surface area contributed by atoms with Gasteiger partial charge in [0.2, 0.25) is 0 Å². The lowest BCUT2D eigenvalue weighted by Gasteiger charge is -2.33. The largest absolute Gasteiger partial charge is 0.451 e. The van der Waals surface area contributed by atoms with Crippen LogP contribution in [-0.4, -0.2) is 17.4 Å². The monoisotopic (exact) mass is 182 g/mol. The molecule has 0 aromatic heterocycles. The molecule has 1 aliphatic heterocycles. The summed E-state index contributed by atoms with van der Waals surface area (Å²) in [4.78, 5) is 22.6. The Kier molecular flexibility index (Phi) is 1.90. The van der Waals surface area contributed by atoms with Crippen molar-refractivity contribution in [2.45, 2.75) is 44.6 Å². The van der Waals surface area contributed by atoms with Crippen LogP contribution in [0.3, 0.4) is 0 Å². The molecule has 2 atom stereocenters. The number of carbonyl (C=O) groups is 2. The average molecular weight is 182 g/mol. The van der Waals surface area contributed by atoms with Gasteiger partial charge in [-0.2, -0.15) is 0 Å². The summed E-state index contributed by atoms with van der Waals surface area (Å²) < 4.78 is 5.18. The van der Waals surface area contributed by atoms with Crippen molar-refractivity contribution in [3.05, 3.63) is 0 Å². The van der Waals surface area contributed by atoms with Crippen molar-refractivity contribution >= 4 is 11.8 Å².